The number of hydrogen-bond acceptors (Lipinski definition) is 5. The number of benzene rings is 3. The van der Waals surface area contributed by atoms with Crippen molar-refractivity contribution in [1.82, 2.24) is 4.98 Å². The van der Waals surface area contributed by atoms with Crippen LogP contribution in [-0.4, -0.2) is 29.4 Å². The van der Waals surface area contributed by atoms with Crippen LogP contribution >= 0.6 is 0 Å². The van der Waals surface area contributed by atoms with Gasteiger partial charge in [-0.1, -0.05) is 26.0 Å². The monoisotopic (exact) mass is 475 g/mol. The number of halogens is 2. The first-order valence-electron chi connectivity index (χ1n) is 10.8. The van der Waals surface area contributed by atoms with E-state index in [1.54, 1.807) is 24.3 Å². The van der Waals surface area contributed by atoms with Gasteiger partial charge in [-0.3, -0.25) is 0 Å². The Kier molecular flexibility index (Phi) is 6.22. The van der Waals surface area contributed by atoms with Gasteiger partial charge in [-0.2, -0.15) is 0 Å². The van der Waals surface area contributed by atoms with Crippen LogP contribution in [0.4, 0.5) is 14.5 Å². The second kappa shape index (κ2) is 9.13. The highest BCUT2D eigenvalue weighted by Gasteiger charge is 2.25. The normalized spacial score (nSPS) is 11.1. The predicted octanol–water partition coefficient (Wildman–Crippen LogP) is 6.26. The molecule has 0 bridgehead atoms. The van der Waals surface area contributed by atoms with Gasteiger partial charge in [0.15, 0.2) is 5.82 Å². The number of nitrogen functional groups attached to an aromatic ring is 1. The number of carboxylic acid groups (broad SMARTS) is 1. The molecule has 6 nitrogen and oxygen atoms in total. The average Bonchev–Trinajstić information content (AvgIpc) is 2.85. The quantitative estimate of drug-likeness (QED) is 0.225. The molecule has 178 valence electrons. The van der Waals surface area contributed by atoms with Gasteiger partial charge in [-0.05, 0) is 59.0 Å². The molecule has 0 saturated carbocycles. The topological polar surface area (TPSA) is 109 Å². The average molecular weight is 475 g/mol. The summed E-state index contributed by atoms with van der Waals surface area (Å²) in [5.74, 6) is -2.18. The highest BCUT2D eigenvalue weighted by molar-refractivity contribution is 6.05. The van der Waals surface area contributed by atoms with Gasteiger partial charge >= 0.3 is 5.97 Å². The fourth-order valence-electron chi connectivity index (χ4n) is 4.24. The van der Waals surface area contributed by atoms with E-state index in [1.807, 2.05) is 13.8 Å². The molecule has 0 aliphatic rings. The van der Waals surface area contributed by atoms with E-state index in [0.29, 0.717) is 27.8 Å². The lowest BCUT2D eigenvalue weighted by Crippen LogP contribution is -2.07. The van der Waals surface area contributed by atoms with Crippen molar-refractivity contribution in [2.24, 2.45) is 0 Å². The third-order valence-corrected chi connectivity index (χ3v) is 5.90. The van der Waals surface area contributed by atoms with Gasteiger partial charge in [0.1, 0.15) is 17.1 Å². The van der Waals surface area contributed by atoms with E-state index in [4.69, 9.17) is 15.9 Å². The molecule has 4 aromatic rings. The van der Waals surface area contributed by atoms with Crippen LogP contribution < -0.4 is 10.5 Å². The van der Waals surface area contributed by atoms with E-state index in [2.05, 4.69) is 4.98 Å². The van der Waals surface area contributed by atoms with E-state index >= 15 is 4.39 Å². The number of carboxylic acids is 1. The van der Waals surface area contributed by atoms with Crippen LogP contribution in [0.5, 0.6) is 5.75 Å². The first-order chi connectivity index (χ1) is 16.7. The number of pyridine rings is 1. The van der Waals surface area contributed by atoms with Gasteiger partial charge in [0, 0.05) is 22.7 Å². The Morgan fingerprint density at radius 2 is 1.83 bits per heavy atom. The molecule has 4 rings (SSSR count). The summed E-state index contributed by atoms with van der Waals surface area (Å²) in [7, 11) is 1.41. The SMILES string of the molecule is COc1cc(C(=O)O)ccc1-c1nc2c(F)c(N)c(C=N)cc2c(-c2ccc(F)cc2)c1C(C)C. The highest BCUT2D eigenvalue weighted by Crippen LogP contribution is 2.44. The van der Waals surface area contributed by atoms with Crippen molar-refractivity contribution >= 4 is 28.8 Å². The lowest BCUT2D eigenvalue weighted by atomic mass is 9.85. The molecule has 0 aliphatic carbocycles. The zero-order chi connectivity index (χ0) is 25.4. The predicted molar refractivity (Wildman–Crippen MR) is 132 cm³/mol. The number of aromatic carboxylic acids is 1. The maximum absolute atomic E-state index is 15.5. The molecule has 0 spiro atoms. The fraction of sp³-hybridized carbons (Fsp3) is 0.148. The lowest BCUT2D eigenvalue weighted by Gasteiger charge is -2.22. The Morgan fingerprint density at radius 1 is 1.14 bits per heavy atom. The second-order valence-electron chi connectivity index (χ2n) is 8.36. The van der Waals surface area contributed by atoms with Crippen molar-refractivity contribution in [1.29, 1.82) is 5.41 Å². The van der Waals surface area contributed by atoms with Gasteiger partial charge in [0.05, 0.1) is 24.1 Å². The van der Waals surface area contributed by atoms with E-state index in [-0.39, 0.29) is 34.0 Å². The molecule has 0 amide bonds. The molecular formula is C27H23F2N3O3. The largest absolute Gasteiger partial charge is 0.496 e. The third kappa shape index (κ3) is 4.07. The van der Waals surface area contributed by atoms with E-state index < -0.39 is 17.6 Å². The summed E-state index contributed by atoms with van der Waals surface area (Å²) in [6.45, 7) is 3.89. The van der Waals surface area contributed by atoms with Crippen LogP contribution in [0.25, 0.3) is 33.3 Å². The van der Waals surface area contributed by atoms with E-state index in [9.17, 15) is 14.3 Å². The minimum atomic E-state index is -1.12. The summed E-state index contributed by atoms with van der Waals surface area (Å²) < 4.78 is 34.8. The van der Waals surface area contributed by atoms with Crippen molar-refractivity contribution in [3.8, 4) is 28.1 Å². The molecule has 1 aromatic heterocycles. The third-order valence-electron chi connectivity index (χ3n) is 5.90. The van der Waals surface area contributed by atoms with E-state index in [1.165, 1.54) is 31.4 Å². The maximum Gasteiger partial charge on any atom is 0.335 e. The van der Waals surface area contributed by atoms with Gasteiger partial charge < -0.3 is 21.0 Å². The number of anilines is 1. The minimum absolute atomic E-state index is 0.0174. The van der Waals surface area contributed by atoms with Crippen molar-refractivity contribution in [2.45, 2.75) is 19.8 Å². The maximum atomic E-state index is 15.5. The number of rotatable bonds is 6. The van der Waals surface area contributed by atoms with Crippen molar-refractivity contribution in [3.05, 3.63) is 76.9 Å². The molecule has 0 saturated heterocycles. The van der Waals surface area contributed by atoms with Crippen molar-refractivity contribution < 1.29 is 23.4 Å². The molecule has 0 atom stereocenters. The standard InChI is InChI=1S/C27H23F2N3O3/c1-13(2)21-22(14-4-7-17(28)8-5-14)19-10-16(12-30)24(31)23(29)26(19)32-25(21)18-9-6-15(27(33)34)11-20(18)35-3/h4-13,30H,31H2,1-3H3,(H,33,34). The van der Waals surface area contributed by atoms with E-state index in [0.717, 1.165) is 11.8 Å². The summed E-state index contributed by atoms with van der Waals surface area (Å²) in [5, 5.41) is 17.5. The number of nitrogens with zero attached hydrogens (tertiary/aromatic N) is 1. The summed E-state index contributed by atoms with van der Waals surface area (Å²) in [6.07, 6.45) is 0.975. The first kappa shape index (κ1) is 23.8. The van der Waals surface area contributed by atoms with Crippen LogP contribution in [0.3, 0.4) is 0 Å². The number of hydrogen-bond donors (Lipinski definition) is 3. The number of nitrogens with two attached hydrogens (primary N) is 1. The Balaban J connectivity index is 2.22. The van der Waals surface area contributed by atoms with Gasteiger partial charge in [-0.15, -0.1) is 0 Å². The summed E-state index contributed by atoms with van der Waals surface area (Å²) >= 11 is 0. The molecule has 1 heterocycles. The Bertz CT molecular complexity index is 1480. The number of ether oxygens (including phenoxy) is 1. The summed E-state index contributed by atoms with van der Waals surface area (Å²) in [5.41, 5.74) is 8.80. The number of fused-ring (bicyclic) bond motifs is 1. The molecule has 0 unspecified atom stereocenters. The second-order valence-corrected chi connectivity index (χ2v) is 8.36. The number of carbonyl (C=O) groups is 1. The molecule has 3 aromatic carbocycles. The molecule has 0 radical (unpaired) electrons. The smallest absolute Gasteiger partial charge is 0.335 e. The summed E-state index contributed by atoms with van der Waals surface area (Å²) in [4.78, 5) is 16.2. The van der Waals surface area contributed by atoms with Crippen LogP contribution in [-0.2, 0) is 0 Å². The highest BCUT2D eigenvalue weighted by atomic mass is 19.1. The van der Waals surface area contributed by atoms with Gasteiger partial charge in [0.25, 0.3) is 0 Å². The number of aromatic nitrogens is 1. The van der Waals surface area contributed by atoms with Gasteiger partial charge in [-0.25, -0.2) is 18.6 Å². The molecule has 4 N–H and O–H groups in total. The molecule has 35 heavy (non-hydrogen) atoms. The number of nitrogens with one attached hydrogen (secondary N) is 1. The van der Waals surface area contributed by atoms with Crippen LogP contribution in [0.1, 0.15) is 41.3 Å². The first-order valence-corrected chi connectivity index (χ1v) is 10.8. The van der Waals surface area contributed by atoms with Crippen molar-refractivity contribution in [3.63, 3.8) is 0 Å². The zero-order valence-corrected chi connectivity index (χ0v) is 19.3. The Morgan fingerprint density at radius 3 is 2.40 bits per heavy atom. The van der Waals surface area contributed by atoms with Crippen LogP contribution in [0.15, 0.2) is 48.5 Å². The van der Waals surface area contributed by atoms with Crippen molar-refractivity contribution in [2.75, 3.05) is 12.8 Å². The zero-order valence-electron chi connectivity index (χ0n) is 19.3. The van der Waals surface area contributed by atoms with Crippen LogP contribution in [0, 0.1) is 17.0 Å². The molecule has 0 aliphatic heterocycles. The Labute approximate surface area is 200 Å². The minimum Gasteiger partial charge on any atom is -0.496 e. The van der Waals surface area contributed by atoms with Gasteiger partial charge in [0.2, 0.25) is 0 Å². The lowest BCUT2D eigenvalue weighted by molar-refractivity contribution is 0.0696. The summed E-state index contributed by atoms with van der Waals surface area (Å²) in [6, 6.07) is 11.8. The molecule has 0 fully saturated rings. The number of methoxy groups -OCH3 is 1. The van der Waals surface area contributed by atoms with Crippen LogP contribution in [0.2, 0.25) is 0 Å². The molecular weight excluding hydrogens is 452 g/mol. The fourth-order valence-corrected chi connectivity index (χ4v) is 4.24. The molecule has 8 heteroatoms. The Hall–Kier alpha value is -4.33.